The molecule has 0 saturated carbocycles. The predicted molar refractivity (Wildman–Crippen MR) is 72.7 cm³/mol. The minimum atomic E-state index is -0.349. The van der Waals surface area contributed by atoms with Crippen LogP contribution in [0.1, 0.15) is 5.56 Å². The second-order valence-electron chi connectivity index (χ2n) is 4.25. The zero-order valence-corrected chi connectivity index (χ0v) is 11.4. The molecule has 106 valence electrons. The van der Waals surface area contributed by atoms with Crippen LogP contribution in [0.2, 0.25) is 0 Å². The Morgan fingerprint density at radius 3 is 2.60 bits per heavy atom. The maximum absolute atomic E-state index is 12.7. The molecule has 1 N–H and O–H groups in total. The number of carbonyl (C=O) groups is 3. The summed E-state index contributed by atoms with van der Waals surface area (Å²) in [5.41, 5.74) is 0.702. The molecule has 1 aliphatic heterocycles. The van der Waals surface area contributed by atoms with Crippen molar-refractivity contribution in [2.45, 2.75) is 6.42 Å². The van der Waals surface area contributed by atoms with Gasteiger partial charge in [0.1, 0.15) is 5.82 Å². The SMILES string of the molecule is O=C(Cc1ccc(F)cc1)NCCN1C(=O)CSC1=O. The first-order valence-corrected chi connectivity index (χ1v) is 7.03. The zero-order valence-electron chi connectivity index (χ0n) is 10.6. The zero-order chi connectivity index (χ0) is 14.5. The molecule has 1 aromatic carbocycles. The summed E-state index contributed by atoms with van der Waals surface area (Å²) in [6.45, 7) is 0.401. The average molecular weight is 296 g/mol. The minimum Gasteiger partial charge on any atom is -0.354 e. The highest BCUT2D eigenvalue weighted by atomic mass is 32.2. The standard InChI is InChI=1S/C13H13FN2O3S/c14-10-3-1-9(2-4-10)7-11(17)15-5-6-16-12(18)8-20-13(16)19/h1-4H,5-8H2,(H,15,17). The van der Waals surface area contributed by atoms with Crippen molar-refractivity contribution in [1.82, 2.24) is 10.2 Å². The number of thioether (sulfide) groups is 1. The second-order valence-corrected chi connectivity index (χ2v) is 5.18. The van der Waals surface area contributed by atoms with Crippen molar-refractivity contribution in [1.29, 1.82) is 0 Å². The molecule has 2 rings (SSSR count). The molecular formula is C13H13FN2O3S. The van der Waals surface area contributed by atoms with Gasteiger partial charge >= 0.3 is 0 Å². The van der Waals surface area contributed by atoms with Crippen molar-refractivity contribution in [3.8, 4) is 0 Å². The monoisotopic (exact) mass is 296 g/mol. The Bertz CT molecular complexity index is 517. The maximum atomic E-state index is 12.7. The molecule has 0 atom stereocenters. The topological polar surface area (TPSA) is 66.5 Å². The Morgan fingerprint density at radius 2 is 2.00 bits per heavy atom. The largest absolute Gasteiger partial charge is 0.354 e. The third-order valence-electron chi connectivity index (χ3n) is 2.78. The fraction of sp³-hybridized carbons (Fsp3) is 0.308. The van der Waals surface area contributed by atoms with Crippen LogP contribution in [0.25, 0.3) is 0 Å². The highest BCUT2D eigenvalue weighted by Crippen LogP contribution is 2.17. The lowest BCUT2D eigenvalue weighted by molar-refractivity contribution is -0.125. The first-order chi connectivity index (χ1) is 9.56. The van der Waals surface area contributed by atoms with Crippen LogP contribution < -0.4 is 5.32 Å². The molecule has 0 aliphatic carbocycles. The van der Waals surface area contributed by atoms with Gasteiger partial charge in [-0.3, -0.25) is 19.3 Å². The van der Waals surface area contributed by atoms with E-state index in [2.05, 4.69) is 5.32 Å². The number of hydrogen-bond acceptors (Lipinski definition) is 4. The van der Waals surface area contributed by atoms with E-state index in [4.69, 9.17) is 0 Å². The Morgan fingerprint density at radius 1 is 1.30 bits per heavy atom. The number of carbonyl (C=O) groups excluding carboxylic acids is 3. The lowest BCUT2D eigenvalue weighted by Crippen LogP contribution is -2.37. The maximum Gasteiger partial charge on any atom is 0.288 e. The van der Waals surface area contributed by atoms with Crippen molar-refractivity contribution in [2.75, 3.05) is 18.8 Å². The number of nitrogens with zero attached hydrogens (tertiary/aromatic N) is 1. The van der Waals surface area contributed by atoms with E-state index in [1.165, 1.54) is 12.1 Å². The summed E-state index contributed by atoms with van der Waals surface area (Å²) < 4.78 is 12.7. The Kier molecular flexibility index (Phi) is 4.73. The fourth-order valence-corrected chi connectivity index (χ4v) is 2.51. The van der Waals surface area contributed by atoms with Gasteiger partial charge in [0.05, 0.1) is 12.2 Å². The van der Waals surface area contributed by atoms with Crippen LogP contribution in [-0.4, -0.2) is 40.8 Å². The van der Waals surface area contributed by atoms with Crippen LogP contribution in [0, 0.1) is 5.82 Å². The van der Waals surface area contributed by atoms with Gasteiger partial charge in [-0.25, -0.2) is 4.39 Å². The van der Waals surface area contributed by atoms with Gasteiger partial charge in [-0.05, 0) is 17.7 Å². The van der Waals surface area contributed by atoms with Gasteiger partial charge in [0.2, 0.25) is 11.8 Å². The number of benzene rings is 1. The molecule has 1 aromatic rings. The van der Waals surface area contributed by atoms with E-state index in [1.807, 2.05) is 0 Å². The van der Waals surface area contributed by atoms with Crippen LogP contribution in [0.15, 0.2) is 24.3 Å². The van der Waals surface area contributed by atoms with Crippen LogP contribution in [-0.2, 0) is 16.0 Å². The molecule has 0 radical (unpaired) electrons. The van der Waals surface area contributed by atoms with Crippen molar-refractivity contribution in [3.63, 3.8) is 0 Å². The molecule has 0 bridgehead atoms. The number of amides is 3. The number of imide groups is 1. The number of rotatable bonds is 5. The van der Waals surface area contributed by atoms with Crippen molar-refractivity contribution < 1.29 is 18.8 Å². The highest BCUT2D eigenvalue weighted by molar-refractivity contribution is 8.14. The first-order valence-electron chi connectivity index (χ1n) is 6.04. The van der Waals surface area contributed by atoms with Crippen LogP contribution in [0.5, 0.6) is 0 Å². The molecule has 0 spiro atoms. The Labute approximate surface area is 119 Å². The number of halogens is 1. The van der Waals surface area contributed by atoms with Crippen molar-refractivity contribution in [3.05, 3.63) is 35.6 Å². The van der Waals surface area contributed by atoms with E-state index >= 15 is 0 Å². The van der Waals surface area contributed by atoms with E-state index in [0.29, 0.717) is 5.56 Å². The Balaban J connectivity index is 1.74. The van der Waals surface area contributed by atoms with E-state index in [9.17, 15) is 18.8 Å². The van der Waals surface area contributed by atoms with E-state index in [-0.39, 0.29) is 48.1 Å². The summed E-state index contributed by atoms with van der Waals surface area (Å²) in [5.74, 6) is -0.642. The summed E-state index contributed by atoms with van der Waals surface area (Å²) in [7, 11) is 0. The lowest BCUT2D eigenvalue weighted by atomic mass is 10.1. The van der Waals surface area contributed by atoms with Crippen LogP contribution >= 0.6 is 11.8 Å². The number of hydrogen-bond donors (Lipinski definition) is 1. The van der Waals surface area contributed by atoms with Crippen LogP contribution in [0.3, 0.4) is 0 Å². The second kappa shape index (κ2) is 6.51. The third kappa shape index (κ3) is 3.80. The average Bonchev–Trinajstić information content (AvgIpc) is 2.73. The summed E-state index contributed by atoms with van der Waals surface area (Å²) in [6.07, 6.45) is 0.136. The molecule has 0 aromatic heterocycles. The third-order valence-corrected chi connectivity index (χ3v) is 3.63. The molecule has 1 heterocycles. The molecule has 20 heavy (non-hydrogen) atoms. The Hall–Kier alpha value is -1.89. The van der Waals surface area contributed by atoms with Gasteiger partial charge in [-0.15, -0.1) is 0 Å². The first kappa shape index (κ1) is 14.5. The molecule has 0 unspecified atom stereocenters. The fourth-order valence-electron chi connectivity index (χ4n) is 1.75. The summed E-state index contributed by atoms with van der Waals surface area (Å²) in [4.78, 5) is 35.4. The molecule has 7 heteroatoms. The minimum absolute atomic E-state index is 0.136. The van der Waals surface area contributed by atoms with Gasteiger partial charge in [0.15, 0.2) is 0 Å². The van der Waals surface area contributed by atoms with Gasteiger partial charge in [0, 0.05) is 13.1 Å². The summed E-state index contributed by atoms with van der Waals surface area (Å²) in [5, 5.41) is 2.35. The quantitative estimate of drug-likeness (QED) is 0.886. The highest BCUT2D eigenvalue weighted by Gasteiger charge is 2.29. The van der Waals surface area contributed by atoms with Gasteiger partial charge in [-0.1, -0.05) is 23.9 Å². The van der Waals surface area contributed by atoms with Crippen molar-refractivity contribution >= 4 is 28.8 Å². The number of nitrogens with one attached hydrogen (secondary N) is 1. The van der Waals surface area contributed by atoms with Crippen molar-refractivity contribution in [2.24, 2.45) is 0 Å². The van der Waals surface area contributed by atoms with Gasteiger partial charge in [0.25, 0.3) is 5.24 Å². The lowest BCUT2D eigenvalue weighted by Gasteiger charge is -2.13. The molecule has 1 saturated heterocycles. The molecular weight excluding hydrogens is 283 g/mol. The molecule has 1 aliphatic rings. The summed E-state index contributed by atoms with van der Waals surface area (Å²) in [6, 6.07) is 5.67. The molecule has 5 nitrogen and oxygen atoms in total. The van der Waals surface area contributed by atoms with E-state index < -0.39 is 0 Å². The van der Waals surface area contributed by atoms with E-state index in [1.54, 1.807) is 12.1 Å². The van der Waals surface area contributed by atoms with E-state index in [0.717, 1.165) is 16.7 Å². The van der Waals surface area contributed by atoms with Crippen LogP contribution in [0.4, 0.5) is 9.18 Å². The smallest absolute Gasteiger partial charge is 0.288 e. The molecule has 1 fully saturated rings. The van der Waals surface area contributed by atoms with Gasteiger partial charge < -0.3 is 5.32 Å². The predicted octanol–water partition coefficient (Wildman–Crippen LogP) is 1.18. The van der Waals surface area contributed by atoms with Gasteiger partial charge in [-0.2, -0.15) is 0 Å². The summed E-state index contributed by atoms with van der Waals surface area (Å²) >= 11 is 0.966. The molecule has 3 amide bonds. The normalized spacial score (nSPS) is 14.8.